The number of thioether (sulfide) groups is 1. The summed E-state index contributed by atoms with van der Waals surface area (Å²) in [5, 5.41) is 11.3. The zero-order valence-electron chi connectivity index (χ0n) is 19.1. The van der Waals surface area contributed by atoms with Crippen LogP contribution in [0, 0.1) is 5.92 Å². The van der Waals surface area contributed by atoms with E-state index in [0.29, 0.717) is 34.9 Å². The molecule has 0 bridgehead atoms. The van der Waals surface area contributed by atoms with Gasteiger partial charge in [-0.25, -0.2) is 0 Å². The first-order chi connectivity index (χ1) is 15.3. The molecule has 2 aromatic carbocycles. The van der Waals surface area contributed by atoms with E-state index in [1.165, 1.54) is 7.11 Å². The molecule has 0 aliphatic rings. The second-order valence-corrected chi connectivity index (χ2v) is 9.32. The third kappa shape index (κ3) is 7.17. The van der Waals surface area contributed by atoms with Crippen molar-refractivity contribution in [3.8, 4) is 11.5 Å². The van der Waals surface area contributed by atoms with E-state index in [4.69, 9.17) is 16.3 Å². The Morgan fingerprint density at radius 2 is 1.94 bits per heavy atom. The predicted molar refractivity (Wildman–Crippen MR) is 129 cm³/mol. The molecule has 0 fully saturated rings. The average Bonchev–Trinajstić information content (AvgIpc) is 2.76. The molecule has 0 saturated heterocycles. The van der Waals surface area contributed by atoms with Gasteiger partial charge in [0.2, 0.25) is 0 Å². The summed E-state index contributed by atoms with van der Waals surface area (Å²) in [4.78, 5) is 24.7. The van der Waals surface area contributed by atoms with Crippen molar-refractivity contribution < 1.29 is 24.2 Å². The number of hydrogen-bond acceptors (Lipinski definition) is 6. The number of ketones is 1. The number of esters is 1. The number of carbonyl (C=O) groups excluding carboxylic acids is 2. The first kappa shape index (κ1) is 26.1. The Balaban J connectivity index is 1.93. The van der Waals surface area contributed by atoms with Gasteiger partial charge in [-0.15, -0.1) is 11.8 Å². The van der Waals surface area contributed by atoms with Gasteiger partial charge < -0.3 is 14.6 Å². The van der Waals surface area contributed by atoms with Gasteiger partial charge in [-0.1, -0.05) is 44.9 Å². The molecule has 2 aromatic rings. The fraction of sp³-hybridized carbons (Fsp3) is 0.440. The van der Waals surface area contributed by atoms with Crippen molar-refractivity contribution in [2.75, 3.05) is 19.5 Å². The van der Waals surface area contributed by atoms with Gasteiger partial charge in [-0.2, -0.15) is 0 Å². The van der Waals surface area contributed by atoms with Crippen molar-refractivity contribution in [1.29, 1.82) is 0 Å². The first-order valence-electron chi connectivity index (χ1n) is 10.8. The topological polar surface area (TPSA) is 72.8 Å². The molecule has 0 saturated carbocycles. The minimum absolute atomic E-state index is 0.0382. The Labute approximate surface area is 199 Å². The second kappa shape index (κ2) is 12.8. The minimum Gasteiger partial charge on any atom is -0.507 e. The Morgan fingerprint density at radius 3 is 2.56 bits per heavy atom. The summed E-state index contributed by atoms with van der Waals surface area (Å²) in [6.45, 7) is 6.15. The fourth-order valence-electron chi connectivity index (χ4n) is 3.19. The number of aromatic hydroxyl groups is 1. The van der Waals surface area contributed by atoms with E-state index in [-0.39, 0.29) is 29.8 Å². The summed E-state index contributed by atoms with van der Waals surface area (Å²) in [5.41, 5.74) is 1.87. The van der Waals surface area contributed by atoms with Crippen LogP contribution in [0.15, 0.2) is 35.2 Å². The molecule has 32 heavy (non-hydrogen) atoms. The largest absolute Gasteiger partial charge is 0.507 e. The van der Waals surface area contributed by atoms with Crippen LogP contribution in [0.5, 0.6) is 11.5 Å². The van der Waals surface area contributed by atoms with Gasteiger partial charge in [0.05, 0.1) is 30.7 Å². The van der Waals surface area contributed by atoms with Crippen LogP contribution in [0.25, 0.3) is 0 Å². The van der Waals surface area contributed by atoms with Crippen LogP contribution in [-0.2, 0) is 22.4 Å². The van der Waals surface area contributed by atoms with Crippen molar-refractivity contribution >= 4 is 35.1 Å². The molecule has 0 aromatic heterocycles. The van der Waals surface area contributed by atoms with Crippen molar-refractivity contribution in [3.05, 3.63) is 52.0 Å². The number of ether oxygens (including phenoxy) is 2. The van der Waals surface area contributed by atoms with Gasteiger partial charge >= 0.3 is 5.97 Å². The van der Waals surface area contributed by atoms with Crippen molar-refractivity contribution in [3.63, 3.8) is 0 Å². The highest BCUT2D eigenvalue weighted by Crippen LogP contribution is 2.34. The molecule has 0 unspecified atom stereocenters. The molecule has 0 heterocycles. The Morgan fingerprint density at radius 1 is 1.19 bits per heavy atom. The molecule has 0 aliphatic heterocycles. The van der Waals surface area contributed by atoms with Crippen LogP contribution in [0.2, 0.25) is 5.02 Å². The van der Waals surface area contributed by atoms with E-state index in [9.17, 15) is 14.7 Å². The average molecular weight is 479 g/mol. The fourth-order valence-corrected chi connectivity index (χ4v) is 4.40. The summed E-state index contributed by atoms with van der Waals surface area (Å²) in [6.07, 6.45) is 2.46. The monoisotopic (exact) mass is 478 g/mol. The SMILES string of the molecule is CCCc1c(OCCCSc2ccc(CC(=O)OC)cc2Cl)ccc(C(=O)C(C)C)c1O. The maximum Gasteiger partial charge on any atom is 0.309 e. The van der Waals surface area contributed by atoms with Gasteiger partial charge in [-0.05, 0) is 42.7 Å². The number of benzene rings is 2. The third-order valence-electron chi connectivity index (χ3n) is 4.91. The van der Waals surface area contributed by atoms with Crippen LogP contribution < -0.4 is 4.74 Å². The molecule has 0 radical (unpaired) electrons. The van der Waals surface area contributed by atoms with Gasteiger partial charge in [0.1, 0.15) is 11.5 Å². The summed E-state index contributed by atoms with van der Waals surface area (Å²) in [7, 11) is 1.36. The van der Waals surface area contributed by atoms with E-state index in [1.54, 1.807) is 30.0 Å². The lowest BCUT2D eigenvalue weighted by Crippen LogP contribution is -2.10. The molecule has 174 valence electrons. The zero-order valence-corrected chi connectivity index (χ0v) is 20.6. The maximum atomic E-state index is 12.3. The minimum atomic E-state index is -0.297. The summed E-state index contributed by atoms with van der Waals surface area (Å²) in [6, 6.07) is 9.01. The van der Waals surface area contributed by atoms with Gasteiger partial charge in [-0.3, -0.25) is 9.59 Å². The van der Waals surface area contributed by atoms with Crippen molar-refractivity contribution in [2.24, 2.45) is 5.92 Å². The number of halogens is 1. The second-order valence-electron chi connectivity index (χ2n) is 7.78. The number of phenolic OH excluding ortho intramolecular Hbond substituents is 1. The Bertz CT molecular complexity index is 942. The van der Waals surface area contributed by atoms with Crippen LogP contribution in [-0.4, -0.2) is 36.3 Å². The molecule has 0 atom stereocenters. The van der Waals surface area contributed by atoms with Crippen LogP contribution in [0.1, 0.15) is 55.1 Å². The normalized spacial score (nSPS) is 10.9. The van der Waals surface area contributed by atoms with E-state index in [1.807, 2.05) is 32.9 Å². The molecule has 5 nitrogen and oxygen atoms in total. The number of Topliss-reactive ketones (excluding diaryl/α,β-unsaturated/α-hetero) is 1. The molecule has 0 aliphatic carbocycles. The number of methoxy groups -OCH3 is 1. The molecule has 0 amide bonds. The molecule has 1 N–H and O–H groups in total. The maximum absolute atomic E-state index is 12.3. The lowest BCUT2D eigenvalue weighted by atomic mass is 9.96. The van der Waals surface area contributed by atoms with Crippen molar-refractivity contribution in [2.45, 2.75) is 51.3 Å². The smallest absolute Gasteiger partial charge is 0.309 e. The third-order valence-corrected chi connectivity index (χ3v) is 6.49. The number of carbonyl (C=O) groups is 2. The number of phenols is 1. The zero-order chi connectivity index (χ0) is 23.7. The molecular weight excluding hydrogens is 448 g/mol. The summed E-state index contributed by atoms with van der Waals surface area (Å²) >= 11 is 7.96. The molecule has 7 heteroatoms. The molecule has 2 rings (SSSR count). The van der Waals surface area contributed by atoms with Crippen molar-refractivity contribution in [1.82, 2.24) is 0 Å². The number of hydrogen-bond donors (Lipinski definition) is 1. The quantitative estimate of drug-likeness (QED) is 0.171. The highest BCUT2D eigenvalue weighted by Gasteiger charge is 2.20. The highest BCUT2D eigenvalue weighted by atomic mass is 35.5. The lowest BCUT2D eigenvalue weighted by Gasteiger charge is -2.16. The standard InChI is InChI=1S/C25H31ClO5S/c1-5-7-18-21(10-9-19(25(18)29)24(28)16(2)3)31-12-6-13-32-22-11-8-17(14-20(22)26)15-23(27)30-4/h8-11,14,16,29H,5-7,12-13,15H2,1-4H3. The van der Waals surface area contributed by atoms with Crippen LogP contribution in [0.4, 0.5) is 0 Å². The van der Waals surface area contributed by atoms with Gasteiger partial charge in [0, 0.05) is 22.1 Å². The summed E-state index contributed by atoms with van der Waals surface area (Å²) < 4.78 is 10.6. The van der Waals surface area contributed by atoms with E-state index >= 15 is 0 Å². The molecule has 0 spiro atoms. The molecular formula is C25H31ClO5S. The summed E-state index contributed by atoms with van der Waals surface area (Å²) in [5.74, 6) is 0.914. The van der Waals surface area contributed by atoms with E-state index < -0.39 is 0 Å². The Hall–Kier alpha value is -2.18. The predicted octanol–water partition coefficient (Wildman–Crippen LogP) is 6.11. The van der Waals surface area contributed by atoms with Crippen LogP contribution in [0.3, 0.4) is 0 Å². The van der Waals surface area contributed by atoms with Crippen LogP contribution >= 0.6 is 23.4 Å². The lowest BCUT2D eigenvalue weighted by molar-refractivity contribution is -0.139. The number of rotatable bonds is 12. The van der Waals surface area contributed by atoms with Gasteiger partial charge in [0.25, 0.3) is 0 Å². The van der Waals surface area contributed by atoms with E-state index in [0.717, 1.165) is 29.1 Å². The Kier molecular flexibility index (Phi) is 10.4. The van der Waals surface area contributed by atoms with E-state index in [2.05, 4.69) is 4.74 Å². The first-order valence-corrected chi connectivity index (χ1v) is 12.1. The van der Waals surface area contributed by atoms with Gasteiger partial charge in [0.15, 0.2) is 5.78 Å². The highest BCUT2D eigenvalue weighted by molar-refractivity contribution is 7.99.